The molecular formula is C15H18N4O2. The van der Waals surface area contributed by atoms with Crippen molar-refractivity contribution in [2.45, 2.75) is 27.3 Å². The molecule has 0 saturated carbocycles. The van der Waals surface area contributed by atoms with Crippen LogP contribution >= 0.6 is 0 Å². The van der Waals surface area contributed by atoms with Crippen molar-refractivity contribution in [3.05, 3.63) is 57.8 Å². The average molecular weight is 286 g/mol. The van der Waals surface area contributed by atoms with E-state index in [-0.39, 0.29) is 18.0 Å². The average Bonchev–Trinajstić information content (AvgIpc) is 2.78. The summed E-state index contributed by atoms with van der Waals surface area (Å²) in [5.41, 5.74) is 6.05. The Morgan fingerprint density at radius 1 is 1.38 bits per heavy atom. The molecule has 0 aromatic carbocycles. The SMILES string of the molecule is C/C(=N\NC(=O)Cn1ccccc1=O)c1c(C)c[nH]c1C. The molecule has 0 saturated heterocycles. The topological polar surface area (TPSA) is 79.2 Å². The third-order valence-corrected chi connectivity index (χ3v) is 3.20. The summed E-state index contributed by atoms with van der Waals surface area (Å²) in [4.78, 5) is 26.4. The number of H-pyrrole nitrogens is 1. The summed E-state index contributed by atoms with van der Waals surface area (Å²) in [6.07, 6.45) is 3.47. The highest BCUT2D eigenvalue weighted by Gasteiger charge is 2.08. The Labute approximate surface area is 122 Å². The smallest absolute Gasteiger partial charge is 0.260 e. The molecule has 2 aromatic rings. The Kier molecular flexibility index (Phi) is 4.37. The molecule has 6 heteroatoms. The number of rotatable bonds is 4. The number of carbonyl (C=O) groups excluding carboxylic acids is 1. The maximum atomic E-state index is 11.8. The fourth-order valence-corrected chi connectivity index (χ4v) is 2.20. The fourth-order valence-electron chi connectivity index (χ4n) is 2.20. The van der Waals surface area contributed by atoms with Crippen LogP contribution in [-0.4, -0.2) is 21.2 Å². The number of nitrogens with zero attached hydrogens (tertiary/aromatic N) is 2. The molecule has 6 nitrogen and oxygen atoms in total. The molecule has 0 aliphatic rings. The van der Waals surface area contributed by atoms with Crippen LogP contribution in [0.3, 0.4) is 0 Å². The lowest BCUT2D eigenvalue weighted by Gasteiger charge is -2.05. The molecule has 2 rings (SSSR count). The van der Waals surface area contributed by atoms with E-state index in [2.05, 4.69) is 15.5 Å². The maximum absolute atomic E-state index is 11.8. The van der Waals surface area contributed by atoms with Crippen LogP contribution in [0.5, 0.6) is 0 Å². The van der Waals surface area contributed by atoms with Gasteiger partial charge in [-0.3, -0.25) is 9.59 Å². The number of pyridine rings is 1. The minimum absolute atomic E-state index is 0.0540. The van der Waals surface area contributed by atoms with Crippen LogP contribution in [0, 0.1) is 13.8 Å². The Morgan fingerprint density at radius 3 is 2.76 bits per heavy atom. The first-order valence-corrected chi connectivity index (χ1v) is 6.62. The van der Waals surface area contributed by atoms with Crippen LogP contribution in [0.2, 0.25) is 0 Å². The van der Waals surface area contributed by atoms with E-state index in [1.807, 2.05) is 27.0 Å². The van der Waals surface area contributed by atoms with E-state index in [0.717, 1.165) is 22.5 Å². The van der Waals surface area contributed by atoms with Crippen molar-refractivity contribution in [3.8, 4) is 0 Å². The van der Waals surface area contributed by atoms with Gasteiger partial charge in [-0.2, -0.15) is 5.10 Å². The molecule has 110 valence electrons. The van der Waals surface area contributed by atoms with Crippen LogP contribution in [0.15, 0.2) is 40.5 Å². The Bertz CT molecular complexity index is 721. The first-order valence-electron chi connectivity index (χ1n) is 6.62. The number of aromatic amines is 1. The zero-order chi connectivity index (χ0) is 15.4. The van der Waals surface area contributed by atoms with Gasteiger partial charge >= 0.3 is 0 Å². The highest BCUT2D eigenvalue weighted by atomic mass is 16.2. The lowest BCUT2D eigenvalue weighted by atomic mass is 10.1. The quantitative estimate of drug-likeness (QED) is 0.657. The molecule has 0 radical (unpaired) electrons. The van der Waals surface area contributed by atoms with Crippen molar-refractivity contribution in [2.75, 3.05) is 0 Å². The van der Waals surface area contributed by atoms with E-state index in [0.29, 0.717) is 0 Å². The molecule has 0 spiro atoms. The number of hydrogen-bond acceptors (Lipinski definition) is 3. The second-order valence-corrected chi connectivity index (χ2v) is 4.87. The maximum Gasteiger partial charge on any atom is 0.260 e. The predicted molar refractivity (Wildman–Crippen MR) is 81.3 cm³/mol. The first-order chi connectivity index (χ1) is 9.99. The zero-order valence-corrected chi connectivity index (χ0v) is 12.3. The number of nitrogens with one attached hydrogen (secondary N) is 2. The van der Waals surface area contributed by atoms with Gasteiger partial charge in [-0.05, 0) is 32.4 Å². The molecule has 2 N–H and O–H groups in total. The molecule has 21 heavy (non-hydrogen) atoms. The van der Waals surface area contributed by atoms with E-state index in [4.69, 9.17) is 0 Å². The highest BCUT2D eigenvalue weighted by molar-refractivity contribution is 6.01. The highest BCUT2D eigenvalue weighted by Crippen LogP contribution is 2.12. The number of hydrazone groups is 1. The molecule has 0 aliphatic heterocycles. The van der Waals surface area contributed by atoms with Gasteiger partial charge in [-0.15, -0.1) is 0 Å². The first kappa shape index (κ1) is 14.8. The molecule has 2 heterocycles. The summed E-state index contributed by atoms with van der Waals surface area (Å²) < 4.78 is 1.33. The van der Waals surface area contributed by atoms with E-state index >= 15 is 0 Å². The van der Waals surface area contributed by atoms with Crippen molar-refractivity contribution in [1.29, 1.82) is 0 Å². The predicted octanol–water partition coefficient (Wildman–Crippen LogP) is 1.33. The molecule has 1 amide bonds. The number of aryl methyl sites for hydroxylation is 2. The van der Waals surface area contributed by atoms with E-state index in [9.17, 15) is 9.59 Å². The van der Waals surface area contributed by atoms with Crippen molar-refractivity contribution in [1.82, 2.24) is 15.0 Å². The molecular weight excluding hydrogens is 268 g/mol. The Hall–Kier alpha value is -2.63. The third-order valence-electron chi connectivity index (χ3n) is 3.20. The summed E-state index contributed by atoms with van der Waals surface area (Å²) in [6.45, 7) is 5.70. The molecule has 2 aromatic heterocycles. The summed E-state index contributed by atoms with van der Waals surface area (Å²) in [5, 5.41) is 4.10. The monoisotopic (exact) mass is 286 g/mol. The van der Waals surface area contributed by atoms with Gasteiger partial charge in [0.15, 0.2) is 0 Å². The van der Waals surface area contributed by atoms with Crippen molar-refractivity contribution >= 4 is 11.6 Å². The summed E-state index contributed by atoms with van der Waals surface area (Å²) in [6, 6.07) is 4.75. The number of amides is 1. The van der Waals surface area contributed by atoms with E-state index < -0.39 is 0 Å². The van der Waals surface area contributed by atoms with Crippen LogP contribution in [0.25, 0.3) is 0 Å². The standard InChI is InChI=1S/C15H18N4O2/c1-10-8-16-11(2)15(10)12(3)17-18-13(20)9-19-7-5-4-6-14(19)21/h4-8,16H,9H2,1-3H3,(H,18,20)/b17-12+. The van der Waals surface area contributed by atoms with Gasteiger partial charge < -0.3 is 9.55 Å². The van der Waals surface area contributed by atoms with Crippen molar-refractivity contribution < 1.29 is 4.79 Å². The fraction of sp³-hybridized carbons (Fsp3) is 0.267. The van der Waals surface area contributed by atoms with Gasteiger partial charge in [0.2, 0.25) is 0 Å². The summed E-state index contributed by atoms with van der Waals surface area (Å²) >= 11 is 0. The molecule has 0 fully saturated rings. The van der Waals surface area contributed by atoms with Gasteiger partial charge in [-0.25, -0.2) is 5.43 Å². The normalized spacial score (nSPS) is 11.5. The number of hydrogen-bond donors (Lipinski definition) is 2. The van der Waals surface area contributed by atoms with Gasteiger partial charge in [0.05, 0.1) is 5.71 Å². The minimum atomic E-state index is -0.339. The number of carbonyl (C=O) groups is 1. The van der Waals surface area contributed by atoms with Crippen molar-refractivity contribution in [2.24, 2.45) is 5.10 Å². The van der Waals surface area contributed by atoms with Crippen LogP contribution in [-0.2, 0) is 11.3 Å². The van der Waals surface area contributed by atoms with Crippen LogP contribution in [0.1, 0.15) is 23.7 Å². The lowest BCUT2D eigenvalue weighted by Crippen LogP contribution is -2.29. The van der Waals surface area contributed by atoms with Gasteiger partial charge in [0.25, 0.3) is 11.5 Å². The minimum Gasteiger partial charge on any atom is -0.364 e. The zero-order valence-electron chi connectivity index (χ0n) is 12.3. The number of aromatic nitrogens is 2. The van der Waals surface area contributed by atoms with Gasteiger partial charge in [0, 0.05) is 29.7 Å². The summed E-state index contributed by atoms with van der Waals surface area (Å²) in [5.74, 6) is -0.339. The second kappa shape index (κ2) is 6.21. The molecule has 0 atom stereocenters. The van der Waals surface area contributed by atoms with Crippen molar-refractivity contribution in [3.63, 3.8) is 0 Å². The molecule has 0 unspecified atom stereocenters. The van der Waals surface area contributed by atoms with Crippen LogP contribution in [0.4, 0.5) is 0 Å². The lowest BCUT2D eigenvalue weighted by molar-refractivity contribution is -0.121. The largest absolute Gasteiger partial charge is 0.364 e. The van der Waals surface area contributed by atoms with Crippen LogP contribution < -0.4 is 11.0 Å². The summed E-state index contributed by atoms with van der Waals surface area (Å²) in [7, 11) is 0. The Balaban J connectivity index is 2.06. The molecule has 0 aliphatic carbocycles. The Morgan fingerprint density at radius 2 is 2.14 bits per heavy atom. The molecule has 0 bridgehead atoms. The van der Waals surface area contributed by atoms with E-state index in [1.54, 1.807) is 18.3 Å². The van der Waals surface area contributed by atoms with Gasteiger partial charge in [-0.1, -0.05) is 6.07 Å². The second-order valence-electron chi connectivity index (χ2n) is 4.87. The van der Waals surface area contributed by atoms with Gasteiger partial charge in [0.1, 0.15) is 6.54 Å². The third kappa shape index (κ3) is 3.47. The van der Waals surface area contributed by atoms with E-state index in [1.165, 1.54) is 10.6 Å².